The van der Waals surface area contributed by atoms with Gasteiger partial charge < -0.3 is 15.1 Å². The number of fused-ring (bicyclic) bond motifs is 1. The number of aromatic nitrogens is 1. The minimum absolute atomic E-state index is 0.373. The van der Waals surface area contributed by atoms with E-state index < -0.39 is 0 Å². The molecule has 6 heteroatoms. The molecule has 0 aliphatic heterocycles. The van der Waals surface area contributed by atoms with Gasteiger partial charge in [0, 0.05) is 33.7 Å². The molecule has 1 unspecified atom stereocenters. The lowest BCUT2D eigenvalue weighted by Crippen LogP contribution is -2.31. The van der Waals surface area contributed by atoms with Gasteiger partial charge in [0.2, 0.25) is 0 Å². The normalized spacial score (nSPS) is 12.8. The van der Waals surface area contributed by atoms with E-state index in [0.717, 1.165) is 85.0 Å². The molecule has 0 aliphatic carbocycles. The van der Waals surface area contributed by atoms with Crippen LogP contribution in [0.2, 0.25) is 10.0 Å². The molecule has 0 saturated carbocycles. The number of benzene rings is 2. The summed E-state index contributed by atoms with van der Waals surface area (Å²) >= 11 is 12.7. The van der Waals surface area contributed by atoms with Crippen molar-refractivity contribution in [2.75, 3.05) is 44.6 Å². The second kappa shape index (κ2) is 15.3. The standard InChI is InChI=1S/C31H42Cl2N4/c1-5-36(6-2)20-11-13-26(19-21-37(7-3)8-4)34-31-23-27(17-15-24-12-9-10-14-29(24)33)35-30-22-25(32)16-18-28(30)31/h9-10,12,14-18,22-23,26H,5-8,11,13,19-21H2,1-4H3,(H,34,35). The molecule has 3 aromatic rings. The SMILES string of the molecule is CCN(CC)CCCC(CCN(CC)CC)Nc1cc(C=Cc2ccccc2Cl)nc2cc(Cl)ccc12. The molecule has 3 rings (SSSR count). The summed E-state index contributed by atoms with van der Waals surface area (Å²) in [7, 11) is 0. The minimum Gasteiger partial charge on any atom is -0.382 e. The van der Waals surface area contributed by atoms with Gasteiger partial charge in [-0.2, -0.15) is 0 Å². The lowest BCUT2D eigenvalue weighted by atomic mass is 10.0. The van der Waals surface area contributed by atoms with Crippen LogP contribution < -0.4 is 5.32 Å². The Labute approximate surface area is 233 Å². The maximum Gasteiger partial charge on any atom is 0.0744 e. The summed E-state index contributed by atoms with van der Waals surface area (Å²) in [6.07, 6.45) is 7.44. The third-order valence-corrected chi connectivity index (χ3v) is 7.68. The van der Waals surface area contributed by atoms with Crippen molar-refractivity contribution in [3.05, 3.63) is 69.8 Å². The van der Waals surface area contributed by atoms with Gasteiger partial charge in [0.25, 0.3) is 0 Å². The third-order valence-electron chi connectivity index (χ3n) is 7.10. The van der Waals surface area contributed by atoms with Crippen LogP contribution in [0, 0.1) is 0 Å². The van der Waals surface area contributed by atoms with E-state index in [1.165, 1.54) is 6.42 Å². The number of rotatable bonds is 15. The molecule has 0 bridgehead atoms. The zero-order chi connectivity index (χ0) is 26.6. The highest BCUT2D eigenvalue weighted by Gasteiger charge is 2.14. The van der Waals surface area contributed by atoms with E-state index in [1.807, 2.05) is 48.6 Å². The van der Waals surface area contributed by atoms with E-state index >= 15 is 0 Å². The molecule has 0 radical (unpaired) electrons. The van der Waals surface area contributed by atoms with Crippen molar-refractivity contribution in [1.82, 2.24) is 14.8 Å². The van der Waals surface area contributed by atoms with Gasteiger partial charge in [-0.05, 0) is 94.0 Å². The summed E-state index contributed by atoms with van der Waals surface area (Å²) in [4.78, 5) is 9.89. The van der Waals surface area contributed by atoms with Crippen LogP contribution in [-0.2, 0) is 0 Å². The number of hydrogen-bond acceptors (Lipinski definition) is 4. The lowest BCUT2D eigenvalue weighted by Gasteiger charge is -2.26. The van der Waals surface area contributed by atoms with Gasteiger partial charge in [0.15, 0.2) is 0 Å². The number of pyridine rings is 1. The number of nitrogens with one attached hydrogen (secondary N) is 1. The van der Waals surface area contributed by atoms with Crippen molar-refractivity contribution in [3.8, 4) is 0 Å². The summed E-state index contributed by atoms with van der Waals surface area (Å²) in [5, 5.41) is 6.43. The first-order valence-electron chi connectivity index (χ1n) is 13.7. The second-order valence-electron chi connectivity index (χ2n) is 9.44. The van der Waals surface area contributed by atoms with E-state index in [2.05, 4.69) is 54.9 Å². The van der Waals surface area contributed by atoms with E-state index in [0.29, 0.717) is 11.1 Å². The zero-order valence-electron chi connectivity index (χ0n) is 22.8. The molecule has 0 saturated heterocycles. The topological polar surface area (TPSA) is 31.4 Å². The number of halogens is 2. The molecule has 1 N–H and O–H groups in total. The van der Waals surface area contributed by atoms with Gasteiger partial charge in [-0.1, -0.05) is 75.2 Å². The molecule has 4 nitrogen and oxygen atoms in total. The van der Waals surface area contributed by atoms with Gasteiger partial charge >= 0.3 is 0 Å². The van der Waals surface area contributed by atoms with Crippen molar-refractivity contribution in [2.24, 2.45) is 0 Å². The Bertz CT molecular complexity index is 1140. The summed E-state index contributed by atoms with van der Waals surface area (Å²) in [6, 6.07) is 16.3. The van der Waals surface area contributed by atoms with Gasteiger partial charge in [-0.25, -0.2) is 4.98 Å². The van der Waals surface area contributed by atoms with Crippen LogP contribution in [0.25, 0.3) is 23.1 Å². The Morgan fingerprint density at radius 2 is 1.54 bits per heavy atom. The van der Waals surface area contributed by atoms with Crippen LogP contribution >= 0.6 is 23.2 Å². The fourth-order valence-electron chi connectivity index (χ4n) is 4.70. The maximum atomic E-state index is 6.37. The molecule has 1 heterocycles. The fourth-order valence-corrected chi connectivity index (χ4v) is 5.07. The van der Waals surface area contributed by atoms with Gasteiger partial charge in [-0.15, -0.1) is 0 Å². The van der Waals surface area contributed by atoms with Crippen molar-refractivity contribution < 1.29 is 0 Å². The molecular weight excluding hydrogens is 499 g/mol. The van der Waals surface area contributed by atoms with Crippen molar-refractivity contribution >= 4 is 51.9 Å². The van der Waals surface area contributed by atoms with E-state index in [9.17, 15) is 0 Å². The summed E-state index contributed by atoms with van der Waals surface area (Å²) in [5.74, 6) is 0. The molecule has 2 aromatic carbocycles. The molecule has 37 heavy (non-hydrogen) atoms. The van der Waals surface area contributed by atoms with Gasteiger partial charge in [0.05, 0.1) is 11.2 Å². The van der Waals surface area contributed by atoms with E-state index in [4.69, 9.17) is 28.2 Å². The molecule has 1 atom stereocenters. The molecule has 0 amide bonds. The Morgan fingerprint density at radius 3 is 2.24 bits per heavy atom. The molecule has 0 aliphatic rings. The average molecular weight is 542 g/mol. The first-order valence-corrected chi connectivity index (χ1v) is 14.5. The second-order valence-corrected chi connectivity index (χ2v) is 10.3. The van der Waals surface area contributed by atoms with Crippen LogP contribution in [0.15, 0.2) is 48.5 Å². The van der Waals surface area contributed by atoms with Crippen LogP contribution in [0.4, 0.5) is 5.69 Å². The first-order chi connectivity index (χ1) is 18.0. The zero-order valence-corrected chi connectivity index (χ0v) is 24.3. The Kier molecular flexibility index (Phi) is 12.2. The highest BCUT2D eigenvalue weighted by molar-refractivity contribution is 6.32. The molecule has 0 spiro atoms. The molecular formula is C31H42Cl2N4. The maximum absolute atomic E-state index is 6.37. The van der Waals surface area contributed by atoms with Crippen LogP contribution in [0.3, 0.4) is 0 Å². The van der Waals surface area contributed by atoms with Gasteiger partial charge in [0.1, 0.15) is 0 Å². The minimum atomic E-state index is 0.373. The van der Waals surface area contributed by atoms with Crippen molar-refractivity contribution in [3.63, 3.8) is 0 Å². The smallest absolute Gasteiger partial charge is 0.0744 e. The van der Waals surface area contributed by atoms with Crippen LogP contribution in [-0.4, -0.2) is 60.1 Å². The predicted octanol–water partition coefficient (Wildman–Crippen LogP) is 8.35. The predicted molar refractivity (Wildman–Crippen MR) is 164 cm³/mol. The van der Waals surface area contributed by atoms with E-state index in [1.54, 1.807) is 0 Å². The molecule has 200 valence electrons. The third kappa shape index (κ3) is 9.00. The fraction of sp³-hybridized carbons (Fsp3) is 0.452. The number of hydrogen-bond donors (Lipinski definition) is 1. The lowest BCUT2D eigenvalue weighted by molar-refractivity contribution is 0.277. The molecule has 0 fully saturated rings. The highest BCUT2D eigenvalue weighted by Crippen LogP contribution is 2.29. The number of nitrogens with zero attached hydrogens (tertiary/aromatic N) is 3. The monoisotopic (exact) mass is 540 g/mol. The van der Waals surface area contributed by atoms with Crippen molar-refractivity contribution in [1.29, 1.82) is 0 Å². The Hall–Kier alpha value is -2.11. The molecule has 1 aromatic heterocycles. The van der Waals surface area contributed by atoms with Crippen molar-refractivity contribution in [2.45, 2.75) is 53.0 Å². The van der Waals surface area contributed by atoms with Crippen LogP contribution in [0.1, 0.15) is 58.2 Å². The quantitative estimate of drug-likeness (QED) is 0.210. The summed E-state index contributed by atoms with van der Waals surface area (Å²) in [6.45, 7) is 15.5. The number of anilines is 1. The highest BCUT2D eigenvalue weighted by atomic mass is 35.5. The first kappa shape index (κ1) is 29.4. The summed E-state index contributed by atoms with van der Waals surface area (Å²) in [5.41, 5.74) is 3.85. The average Bonchev–Trinajstić information content (AvgIpc) is 2.90. The van der Waals surface area contributed by atoms with Gasteiger partial charge in [-0.3, -0.25) is 0 Å². The van der Waals surface area contributed by atoms with E-state index in [-0.39, 0.29) is 0 Å². The Balaban J connectivity index is 1.89. The summed E-state index contributed by atoms with van der Waals surface area (Å²) < 4.78 is 0. The van der Waals surface area contributed by atoms with Crippen LogP contribution in [0.5, 0.6) is 0 Å². The largest absolute Gasteiger partial charge is 0.382 e. The Morgan fingerprint density at radius 1 is 0.838 bits per heavy atom.